The zero-order valence-corrected chi connectivity index (χ0v) is 50.6. The number of esters is 5. The van der Waals surface area contributed by atoms with E-state index in [0.29, 0.717) is 89.6 Å². The van der Waals surface area contributed by atoms with Crippen LogP contribution in [0.15, 0.2) is 0 Å². The molecule has 0 spiro atoms. The summed E-state index contributed by atoms with van der Waals surface area (Å²) in [5.41, 5.74) is -2.56. The van der Waals surface area contributed by atoms with Crippen LogP contribution in [0.25, 0.3) is 0 Å². The lowest BCUT2D eigenvalue weighted by Gasteiger charge is -2.33. The van der Waals surface area contributed by atoms with E-state index in [4.69, 9.17) is 23.7 Å². The number of likely N-dealkylation sites (tertiary alicyclic amines) is 1. The fourth-order valence-corrected chi connectivity index (χ4v) is 12.5. The van der Waals surface area contributed by atoms with Gasteiger partial charge in [-0.05, 0) is 149 Å². The van der Waals surface area contributed by atoms with E-state index in [0.717, 1.165) is 83.6 Å². The Kier molecular flexibility index (Phi) is 31.0. The van der Waals surface area contributed by atoms with Crippen molar-refractivity contribution in [2.75, 3.05) is 33.0 Å². The Morgan fingerprint density at radius 2 is 1.21 bits per heavy atom. The van der Waals surface area contributed by atoms with Crippen molar-refractivity contribution in [1.29, 1.82) is 0 Å². The van der Waals surface area contributed by atoms with Gasteiger partial charge in [0.1, 0.15) is 31.5 Å². The minimum absolute atomic E-state index is 0.0387. The lowest BCUT2D eigenvalue weighted by atomic mass is 9.73. The molecule has 1 aliphatic heterocycles. The van der Waals surface area contributed by atoms with Crippen molar-refractivity contribution >= 4 is 41.5 Å². The highest BCUT2D eigenvalue weighted by Crippen LogP contribution is 2.55. The lowest BCUT2D eigenvalue weighted by Crippen LogP contribution is -2.39. The van der Waals surface area contributed by atoms with Gasteiger partial charge in [0.15, 0.2) is 0 Å². The second-order valence-corrected chi connectivity index (χ2v) is 25.7. The highest BCUT2D eigenvalue weighted by Gasteiger charge is 2.51. The smallest absolute Gasteiger partial charge is 0.313 e. The maximum absolute atomic E-state index is 14.5. The van der Waals surface area contributed by atoms with E-state index in [2.05, 4.69) is 25.7 Å². The van der Waals surface area contributed by atoms with Gasteiger partial charge in [-0.25, -0.2) is 0 Å². The van der Waals surface area contributed by atoms with Crippen molar-refractivity contribution in [2.45, 2.75) is 293 Å². The van der Waals surface area contributed by atoms with Gasteiger partial charge in [0.2, 0.25) is 5.91 Å². The zero-order valence-electron chi connectivity index (χ0n) is 50.6. The van der Waals surface area contributed by atoms with E-state index >= 15 is 0 Å². The van der Waals surface area contributed by atoms with Gasteiger partial charge in [0, 0.05) is 24.4 Å². The van der Waals surface area contributed by atoms with Crippen molar-refractivity contribution in [1.82, 2.24) is 4.90 Å². The van der Waals surface area contributed by atoms with Gasteiger partial charge in [0.05, 0.1) is 35.4 Å². The summed E-state index contributed by atoms with van der Waals surface area (Å²) in [5.74, 6) is -1.32. The molecule has 2 bridgehead atoms. The van der Waals surface area contributed by atoms with E-state index in [9.17, 15) is 33.6 Å². The number of carbonyl (C=O) groups excluding carboxylic acids is 7. The molecule has 1 saturated heterocycles. The number of ketones is 1. The summed E-state index contributed by atoms with van der Waals surface area (Å²) in [7, 11) is 0. The molecule has 77 heavy (non-hydrogen) atoms. The number of unbranched alkanes of at least 4 members (excludes halogenated alkanes) is 9. The molecule has 3 aliphatic rings. The average Bonchev–Trinajstić information content (AvgIpc) is 3.83. The van der Waals surface area contributed by atoms with Crippen molar-refractivity contribution in [3.8, 4) is 0 Å². The van der Waals surface area contributed by atoms with Crippen LogP contribution in [-0.4, -0.2) is 91.6 Å². The molecule has 0 N–H and O–H groups in total. The molecule has 1 amide bonds. The topological polar surface area (TPSA) is 169 Å². The highest BCUT2D eigenvalue weighted by atomic mass is 16.6. The molecule has 0 aromatic heterocycles. The van der Waals surface area contributed by atoms with E-state index in [1.165, 1.54) is 58.3 Å². The Labute approximate surface area is 467 Å². The van der Waals surface area contributed by atoms with Crippen molar-refractivity contribution in [3.05, 3.63) is 0 Å². The molecule has 0 aromatic carbocycles. The predicted molar refractivity (Wildman–Crippen MR) is 304 cm³/mol. The van der Waals surface area contributed by atoms with Crippen LogP contribution in [0.2, 0.25) is 0 Å². The quantitative estimate of drug-likeness (QED) is 0.0246. The maximum atomic E-state index is 14.5. The van der Waals surface area contributed by atoms with E-state index in [1.54, 1.807) is 0 Å². The number of ether oxygens (including phenoxy) is 5. The first kappa shape index (κ1) is 67.8. The molecule has 8 unspecified atom stereocenters. The molecule has 444 valence electrons. The summed E-state index contributed by atoms with van der Waals surface area (Å²) in [5, 5.41) is 0. The Hall–Kier alpha value is -3.51. The predicted octanol–water partition coefficient (Wildman–Crippen LogP) is 14.7. The van der Waals surface area contributed by atoms with Crippen LogP contribution >= 0.6 is 0 Å². The second-order valence-electron chi connectivity index (χ2n) is 25.7. The largest absolute Gasteiger partial charge is 0.465 e. The summed E-state index contributed by atoms with van der Waals surface area (Å²) in [6, 6.07) is 0.159. The fourth-order valence-electron chi connectivity index (χ4n) is 12.5. The van der Waals surface area contributed by atoms with Gasteiger partial charge in [-0.15, -0.1) is 0 Å². The van der Waals surface area contributed by atoms with Gasteiger partial charge in [-0.1, -0.05) is 131 Å². The molecular formula is C64H111NO12. The molecule has 2 aliphatic carbocycles. The number of nitrogens with zero attached hydrogens (tertiary/aromatic N) is 1. The first-order chi connectivity index (χ1) is 36.6. The van der Waals surface area contributed by atoms with E-state index < -0.39 is 28.2 Å². The van der Waals surface area contributed by atoms with Crippen LogP contribution < -0.4 is 0 Å². The minimum atomic E-state index is -0.890. The third-order valence-corrected chi connectivity index (χ3v) is 18.1. The number of hydrogen-bond acceptors (Lipinski definition) is 12. The van der Waals surface area contributed by atoms with Gasteiger partial charge in [-0.3, -0.25) is 33.6 Å². The number of rotatable bonds is 42. The van der Waals surface area contributed by atoms with Crippen LogP contribution in [0.5, 0.6) is 0 Å². The molecule has 3 rings (SSSR count). The Morgan fingerprint density at radius 1 is 0.649 bits per heavy atom. The fraction of sp³-hybridized carbons (Fsp3) is 0.891. The van der Waals surface area contributed by atoms with Crippen LogP contribution in [-0.2, 0) is 57.2 Å². The molecular weight excluding hydrogens is 975 g/mol. The molecule has 0 radical (unpaired) electrons. The summed E-state index contributed by atoms with van der Waals surface area (Å²) in [4.78, 5) is 94.6. The maximum Gasteiger partial charge on any atom is 0.313 e. The van der Waals surface area contributed by atoms with E-state index in [-0.39, 0.29) is 85.2 Å². The first-order valence-corrected chi connectivity index (χ1v) is 31.3. The van der Waals surface area contributed by atoms with Crippen molar-refractivity contribution in [2.24, 2.45) is 39.4 Å². The third-order valence-electron chi connectivity index (χ3n) is 18.1. The standard InChI is InChI=1S/C64H111NO12/c1-11-14-15-16-17-18-19-20-21-25-42-74-59(71)62(8,38-29-39-63(9,60(72)76-48-49(4)5)37-28-36-61(7,13-3)58(70)75-44-43-73-56(68)45-50(6)66)35-27-31-52(57(69)77-54-46-51-34-40-64(54,10)47-51)30-26-32-53(12-2)65-41-24-22-23-33-55(65)67/h49,51-54H,11-48H2,1-10H3. The molecule has 2 saturated carbocycles. The Morgan fingerprint density at radius 3 is 1.78 bits per heavy atom. The number of Topliss-reactive ketones (excluding diaryl/α,β-unsaturated/α-hetero) is 1. The number of amides is 1. The zero-order chi connectivity index (χ0) is 56.9. The lowest BCUT2D eigenvalue weighted by molar-refractivity contribution is -0.161. The van der Waals surface area contributed by atoms with Gasteiger partial charge in [-0.2, -0.15) is 0 Å². The third kappa shape index (κ3) is 24.0. The van der Waals surface area contributed by atoms with Gasteiger partial charge >= 0.3 is 29.8 Å². The van der Waals surface area contributed by atoms with Crippen LogP contribution in [0.1, 0.15) is 281 Å². The summed E-state index contributed by atoms with van der Waals surface area (Å²) < 4.78 is 29.1. The SMILES string of the molecule is CCCCCCCCCCCCOC(=O)C(C)(CCCC(CCCC(CC)N1CCCCCC1=O)C(=O)OC1CC2CCC1(C)C2)CCCC(C)(CCCC(C)(CC)C(=O)OCCOC(=O)CC(C)=O)C(=O)OCC(C)C. The Balaban J connectivity index is 1.76. The molecule has 8 atom stereocenters. The second kappa shape index (κ2) is 35.3. The van der Waals surface area contributed by atoms with Crippen molar-refractivity contribution < 1.29 is 57.2 Å². The minimum Gasteiger partial charge on any atom is -0.465 e. The number of fused-ring (bicyclic) bond motifs is 2. The average molecular weight is 1090 g/mol. The Bertz CT molecular complexity index is 1800. The van der Waals surface area contributed by atoms with Gasteiger partial charge < -0.3 is 28.6 Å². The van der Waals surface area contributed by atoms with Crippen LogP contribution in [0.4, 0.5) is 0 Å². The first-order valence-electron chi connectivity index (χ1n) is 31.3. The molecule has 1 heterocycles. The monoisotopic (exact) mass is 1090 g/mol. The molecule has 13 heteroatoms. The normalized spacial score (nSPS) is 21.5. The van der Waals surface area contributed by atoms with Crippen LogP contribution in [0.3, 0.4) is 0 Å². The van der Waals surface area contributed by atoms with Gasteiger partial charge in [0.25, 0.3) is 0 Å². The summed E-state index contributed by atoms with van der Waals surface area (Å²) in [6.07, 6.45) is 27.9. The van der Waals surface area contributed by atoms with Crippen LogP contribution in [0, 0.1) is 39.4 Å². The molecule has 0 aromatic rings. The van der Waals surface area contributed by atoms with Crippen molar-refractivity contribution in [3.63, 3.8) is 0 Å². The summed E-state index contributed by atoms with van der Waals surface area (Å²) >= 11 is 0. The molecule has 13 nitrogen and oxygen atoms in total. The summed E-state index contributed by atoms with van der Waals surface area (Å²) in [6.45, 7) is 20.9. The number of carbonyl (C=O) groups is 7. The molecule has 3 fully saturated rings. The van der Waals surface area contributed by atoms with E-state index in [1.807, 2.05) is 41.5 Å². The number of hydrogen-bond donors (Lipinski definition) is 0. The highest BCUT2D eigenvalue weighted by molar-refractivity contribution is 5.94.